The molecule has 1 aromatic carbocycles. The first-order valence-electron chi connectivity index (χ1n) is 8.02. The number of nitrogens with zero attached hydrogens (tertiary/aromatic N) is 3. The molecule has 0 aliphatic carbocycles. The molecule has 0 fully saturated rings. The fraction of sp³-hybridized carbons (Fsp3) is 0.167. The highest BCUT2D eigenvalue weighted by Crippen LogP contribution is 2.36. The van der Waals surface area contributed by atoms with Crippen LogP contribution in [0.1, 0.15) is 16.1 Å². The fourth-order valence-electron chi connectivity index (χ4n) is 2.93. The Morgan fingerprint density at radius 1 is 1.21 bits per heavy atom. The lowest BCUT2D eigenvalue weighted by Crippen LogP contribution is -2.25. The van der Waals surface area contributed by atoms with E-state index in [0.717, 1.165) is 4.57 Å². The summed E-state index contributed by atoms with van der Waals surface area (Å²) in [5.41, 5.74) is 12.1. The molecular formula is C18H15ClF3N5O. The van der Waals surface area contributed by atoms with Crippen LogP contribution in [-0.2, 0) is 6.54 Å². The summed E-state index contributed by atoms with van der Waals surface area (Å²) < 4.78 is 40.5. The largest absolute Gasteiger partial charge is 0.406 e. The number of nitrogen functional groups attached to an aromatic ring is 1. The van der Waals surface area contributed by atoms with E-state index in [1.807, 2.05) is 0 Å². The number of aryl methyl sites for hydroxylation is 1. The Labute approximate surface area is 163 Å². The molecule has 0 bridgehead atoms. The Morgan fingerprint density at radius 2 is 1.93 bits per heavy atom. The van der Waals surface area contributed by atoms with Crippen molar-refractivity contribution >= 4 is 23.3 Å². The van der Waals surface area contributed by atoms with Crippen LogP contribution in [0.3, 0.4) is 0 Å². The third kappa shape index (κ3) is 3.94. The first-order valence-corrected chi connectivity index (χ1v) is 8.40. The predicted octanol–water partition coefficient (Wildman–Crippen LogP) is 3.82. The molecular weight excluding hydrogens is 395 g/mol. The Bertz CT molecular complexity index is 1060. The molecule has 0 spiro atoms. The number of anilines is 1. The summed E-state index contributed by atoms with van der Waals surface area (Å²) in [5, 5.41) is 0.362. The van der Waals surface area contributed by atoms with Gasteiger partial charge in [0.25, 0.3) is 5.91 Å². The van der Waals surface area contributed by atoms with Gasteiger partial charge in [0, 0.05) is 16.8 Å². The van der Waals surface area contributed by atoms with Crippen molar-refractivity contribution in [3.63, 3.8) is 0 Å². The zero-order chi connectivity index (χ0) is 20.6. The quantitative estimate of drug-likeness (QED) is 0.684. The van der Waals surface area contributed by atoms with E-state index >= 15 is 0 Å². The van der Waals surface area contributed by atoms with Gasteiger partial charge in [0.1, 0.15) is 18.1 Å². The predicted molar refractivity (Wildman–Crippen MR) is 99.6 cm³/mol. The third-order valence-corrected chi connectivity index (χ3v) is 4.30. The molecule has 2 heterocycles. The van der Waals surface area contributed by atoms with Crippen molar-refractivity contribution in [2.45, 2.75) is 19.6 Å². The third-order valence-electron chi connectivity index (χ3n) is 4.06. The van der Waals surface area contributed by atoms with E-state index in [-0.39, 0.29) is 28.6 Å². The Balaban J connectivity index is 2.36. The minimum atomic E-state index is -4.61. The van der Waals surface area contributed by atoms with E-state index in [9.17, 15) is 18.0 Å². The van der Waals surface area contributed by atoms with Crippen LogP contribution < -0.4 is 11.5 Å². The molecule has 0 unspecified atom stereocenters. The Morgan fingerprint density at radius 3 is 2.54 bits per heavy atom. The van der Waals surface area contributed by atoms with E-state index < -0.39 is 18.6 Å². The van der Waals surface area contributed by atoms with Gasteiger partial charge in [-0.25, -0.2) is 9.97 Å². The number of aromatic nitrogens is 3. The molecule has 3 rings (SSSR count). The molecule has 0 saturated heterocycles. The molecule has 6 nitrogen and oxygen atoms in total. The van der Waals surface area contributed by atoms with Crippen LogP contribution in [0.15, 0.2) is 36.5 Å². The van der Waals surface area contributed by atoms with Crippen LogP contribution in [0.5, 0.6) is 0 Å². The van der Waals surface area contributed by atoms with Gasteiger partial charge in [-0.1, -0.05) is 17.7 Å². The van der Waals surface area contributed by atoms with E-state index in [0.29, 0.717) is 16.1 Å². The number of alkyl halides is 3. The van der Waals surface area contributed by atoms with Gasteiger partial charge in [-0.3, -0.25) is 4.79 Å². The number of rotatable bonds is 4. The molecule has 0 radical (unpaired) electrons. The SMILES string of the molecule is Cc1ccc(Cl)cc1-c1cc(-c2nccc(N)n2)n(CC(F)(F)F)c1C(N)=O. The normalized spacial score (nSPS) is 11.6. The van der Waals surface area contributed by atoms with E-state index in [1.165, 1.54) is 18.3 Å². The van der Waals surface area contributed by atoms with Crippen molar-refractivity contribution in [2.75, 3.05) is 5.73 Å². The minimum absolute atomic E-state index is 0.0344. The molecule has 146 valence electrons. The summed E-state index contributed by atoms with van der Waals surface area (Å²) in [6, 6.07) is 7.68. The van der Waals surface area contributed by atoms with Gasteiger partial charge in [-0.05, 0) is 42.3 Å². The fourth-order valence-corrected chi connectivity index (χ4v) is 3.10. The van der Waals surface area contributed by atoms with Crippen LogP contribution in [-0.4, -0.2) is 26.6 Å². The highest BCUT2D eigenvalue weighted by atomic mass is 35.5. The van der Waals surface area contributed by atoms with Crippen LogP contribution in [0.2, 0.25) is 5.02 Å². The number of halogens is 4. The number of benzene rings is 1. The van der Waals surface area contributed by atoms with Gasteiger partial charge >= 0.3 is 6.18 Å². The molecule has 2 aromatic heterocycles. The summed E-state index contributed by atoms with van der Waals surface area (Å²) in [5.74, 6) is -1.00. The highest BCUT2D eigenvalue weighted by molar-refractivity contribution is 6.31. The number of hydrogen-bond acceptors (Lipinski definition) is 4. The molecule has 4 N–H and O–H groups in total. The first kappa shape index (κ1) is 19.7. The van der Waals surface area contributed by atoms with Crippen LogP contribution in [0, 0.1) is 6.92 Å². The van der Waals surface area contributed by atoms with E-state index in [2.05, 4.69) is 9.97 Å². The maximum atomic E-state index is 13.3. The van der Waals surface area contributed by atoms with Crippen molar-refractivity contribution in [1.82, 2.24) is 14.5 Å². The number of hydrogen-bond donors (Lipinski definition) is 2. The number of carbonyl (C=O) groups excluding carboxylic acids is 1. The lowest BCUT2D eigenvalue weighted by Gasteiger charge is -2.14. The van der Waals surface area contributed by atoms with Crippen molar-refractivity contribution in [3.8, 4) is 22.6 Å². The van der Waals surface area contributed by atoms with Crippen molar-refractivity contribution < 1.29 is 18.0 Å². The smallest absolute Gasteiger partial charge is 0.384 e. The van der Waals surface area contributed by atoms with Gasteiger partial charge in [-0.15, -0.1) is 0 Å². The maximum absolute atomic E-state index is 13.3. The number of amides is 1. The maximum Gasteiger partial charge on any atom is 0.406 e. The molecule has 0 saturated carbocycles. The van der Waals surface area contributed by atoms with E-state index in [1.54, 1.807) is 25.1 Å². The van der Waals surface area contributed by atoms with Crippen LogP contribution >= 0.6 is 11.6 Å². The van der Waals surface area contributed by atoms with Crippen molar-refractivity contribution in [3.05, 3.63) is 52.8 Å². The number of nitrogens with two attached hydrogens (primary N) is 2. The summed E-state index contributed by atoms with van der Waals surface area (Å²) in [6.07, 6.45) is -3.30. The standard InChI is InChI=1S/C18H15ClF3N5O/c1-9-2-3-10(19)6-11(9)12-7-13(17-25-5-4-14(23)26-17)27(8-18(20,21)22)15(12)16(24)28/h2-7H,8H2,1H3,(H2,24,28)(H2,23,25,26). The van der Waals surface area contributed by atoms with Gasteiger partial charge in [0.15, 0.2) is 5.82 Å². The molecule has 10 heteroatoms. The van der Waals surface area contributed by atoms with Crippen LogP contribution in [0.4, 0.5) is 19.0 Å². The molecule has 0 aliphatic heterocycles. The van der Waals surface area contributed by atoms with Crippen LogP contribution in [0.25, 0.3) is 22.6 Å². The van der Waals surface area contributed by atoms with Crippen molar-refractivity contribution in [2.24, 2.45) is 5.73 Å². The van der Waals surface area contributed by atoms with Crippen molar-refractivity contribution in [1.29, 1.82) is 0 Å². The van der Waals surface area contributed by atoms with Gasteiger partial charge in [-0.2, -0.15) is 13.2 Å². The summed E-state index contributed by atoms with van der Waals surface area (Å²) in [7, 11) is 0. The lowest BCUT2D eigenvalue weighted by molar-refractivity contribution is -0.140. The Kier molecular flexibility index (Phi) is 5.03. The molecule has 28 heavy (non-hydrogen) atoms. The second-order valence-corrected chi connectivity index (χ2v) is 6.56. The van der Waals surface area contributed by atoms with Gasteiger partial charge in [0.2, 0.25) is 0 Å². The van der Waals surface area contributed by atoms with Gasteiger partial charge in [0.05, 0.1) is 5.69 Å². The molecule has 0 aliphatic rings. The number of primary amides is 1. The summed E-state index contributed by atoms with van der Waals surface area (Å²) in [6.45, 7) is 0.298. The summed E-state index contributed by atoms with van der Waals surface area (Å²) >= 11 is 6.05. The minimum Gasteiger partial charge on any atom is -0.384 e. The Hall–Kier alpha value is -3.07. The molecule has 3 aromatic rings. The zero-order valence-electron chi connectivity index (χ0n) is 14.6. The lowest BCUT2D eigenvalue weighted by atomic mass is 10.00. The molecule has 1 amide bonds. The summed E-state index contributed by atoms with van der Waals surface area (Å²) in [4.78, 5) is 20.1. The van der Waals surface area contributed by atoms with E-state index in [4.69, 9.17) is 23.1 Å². The average molecular weight is 410 g/mol. The average Bonchev–Trinajstić information content (AvgIpc) is 2.94. The second kappa shape index (κ2) is 7.16. The second-order valence-electron chi connectivity index (χ2n) is 6.12. The monoisotopic (exact) mass is 409 g/mol. The van der Waals surface area contributed by atoms with Gasteiger partial charge < -0.3 is 16.0 Å². The first-order chi connectivity index (χ1) is 13.1. The number of carbonyl (C=O) groups is 1. The highest BCUT2D eigenvalue weighted by Gasteiger charge is 2.33. The molecule has 0 atom stereocenters. The topological polar surface area (TPSA) is 99.8 Å². The zero-order valence-corrected chi connectivity index (χ0v) is 15.3.